The van der Waals surface area contributed by atoms with Gasteiger partial charge in [0.25, 0.3) is 0 Å². The molecular formula is C14H21ClN2O. The lowest BCUT2D eigenvalue weighted by molar-refractivity contribution is 0.415. The van der Waals surface area contributed by atoms with Gasteiger partial charge in [0.2, 0.25) is 0 Å². The van der Waals surface area contributed by atoms with Gasteiger partial charge in [-0.05, 0) is 37.1 Å². The van der Waals surface area contributed by atoms with E-state index in [0.29, 0.717) is 0 Å². The van der Waals surface area contributed by atoms with E-state index in [1.54, 1.807) is 7.11 Å². The number of aromatic amines is 1. The van der Waals surface area contributed by atoms with Crippen LogP contribution in [-0.2, 0) is 6.42 Å². The number of rotatable bonds is 4. The molecule has 18 heavy (non-hydrogen) atoms. The Labute approximate surface area is 114 Å². The first-order valence-corrected chi connectivity index (χ1v) is 6.06. The van der Waals surface area contributed by atoms with Gasteiger partial charge in [-0.2, -0.15) is 0 Å². The van der Waals surface area contributed by atoms with Crippen molar-refractivity contribution in [2.24, 2.45) is 5.73 Å². The lowest BCUT2D eigenvalue weighted by Gasteiger charge is -2.07. The van der Waals surface area contributed by atoms with Crippen LogP contribution in [0.4, 0.5) is 0 Å². The second-order valence-corrected chi connectivity index (χ2v) is 4.51. The zero-order valence-electron chi connectivity index (χ0n) is 11.1. The second-order valence-electron chi connectivity index (χ2n) is 4.51. The van der Waals surface area contributed by atoms with Crippen LogP contribution in [0.3, 0.4) is 0 Å². The van der Waals surface area contributed by atoms with Crippen molar-refractivity contribution in [2.75, 3.05) is 7.11 Å². The first-order chi connectivity index (χ1) is 8.15. The minimum atomic E-state index is 0. The van der Waals surface area contributed by atoms with E-state index in [9.17, 15) is 0 Å². The molecule has 4 heteroatoms. The molecule has 2 rings (SSSR count). The average Bonchev–Trinajstić information content (AvgIpc) is 2.66. The zero-order chi connectivity index (χ0) is 12.4. The number of methoxy groups -OCH3 is 1. The highest BCUT2D eigenvalue weighted by atomic mass is 35.5. The van der Waals surface area contributed by atoms with E-state index in [1.165, 1.54) is 16.6 Å². The van der Waals surface area contributed by atoms with E-state index in [1.807, 2.05) is 6.07 Å². The van der Waals surface area contributed by atoms with Crippen molar-refractivity contribution in [1.29, 1.82) is 0 Å². The molecule has 1 aromatic carbocycles. The molecule has 0 bridgehead atoms. The molecule has 1 unspecified atom stereocenters. The summed E-state index contributed by atoms with van der Waals surface area (Å²) in [5, 5.41) is 1.22. The van der Waals surface area contributed by atoms with Gasteiger partial charge in [0.1, 0.15) is 5.75 Å². The first-order valence-electron chi connectivity index (χ1n) is 6.06. The van der Waals surface area contributed by atoms with Gasteiger partial charge in [-0.25, -0.2) is 0 Å². The van der Waals surface area contributed by atoms with Crippen LogP contribution >= 0.6 is 12.4 Å². The van der Waals surface area contributed by atoms with E-state index in [4.69, 9.17) is 10.5 Å². The van der Waals surface area contributed by atoms with Crippen molar-refractivity contribution in [3.63, 3.8) is 0 Å². The van der Waals surface area contributed by atoms with Gasteiger partial charge in [-0.15, -0.1) is 12.4 Å². The second kappa shape index (κ2) is 6.12. The van der Waals surface area contributed by atoms with Gasteiger partial charge < -0.3 is 15.5 Å². The van der Waals surface area contributed by atoms with Crippen molar-refractivity contribution < 1.29 is 4.74 Å². The molecule has 0 aliphatic heterocycles. The number of aromatic nitrogens is 1. The summed E-state index contributed by atoms with van der Waals surface area (Å²) in [4.78, 5) is 3.44. The molecule has 0 aliphatic rings. The third-order valence-corrected chi connectivity index (χ3v) is 3.36. The quantitative estimate of drug-likeness (QED) is 0.895. The lowest BCUT2D eigenvalue weighted by Crippen LogP contribution is -2.21. The van der Waals surface area contributed by atoms with Crippen LogP contribution in [0.2, 0.25) is 0 Å². The number of fused-ring (bicyclic) bond motifs is 1. The number of H-pyrrole nitrogens is 1. The molecule has 0 fully saturated rings. The van der Waals surface area contributed by atoms with E-state index in [-0.39, 0.29) is 18.4 Å². The molecule has 1 heterocycles. The minimum absolute atomic E-state index is 0. The van der Waals surface area contributed by atoms with Crippen LogP contribution in [0.5, 0.6) is 5.75 Å². The maximum absolute atomic E-state index is 6.01. The standard InChI is InChI=1S/C14H20N2O.ClH/c1-4-10(15)7-14-9(2)12-8-11(17-3)5-6-13(12)16-14;/h5-6,8,10,16H,4,7,15H2,1-3H3;1H. The van der Waals surface area contributed by atoms with E-state index in [0.717, 1.165) is 24.1 Å². The van der Waals surface area contributed by atoms with Crippen LogP contribution in [0, 0.1) is 6.92 Å². The van der Waals surface area contributed by atoms with Crippen LogP contribution in [0.15, 0.2) is 18.2 Å². The van der Waals surface area contributed by atoms with Crippen LogP contribution in [-0.4, -0.2) is 18.1 Å². The maximum Gasteiger partial charge on any atom is 0.119 e. The third-order valence-electron chi connectivity index (χ3n) is 3.36. The number of benzene rings is 1. The fraction of sp³-hybridized carbons (Fsp3) is 0.429. The summed E-state index contributed by atoms with van der Waals surface area (Å²) in [5.74, 6) is 0.894. The Balaban J connectivity index is 0.00000162. The van der Waals surface area contributed by atoms with Crippen molar-refractivity contribution in [1.82, 2.24) is 4.98 Å². The molecule has 0 amide bonds. The van der Waals surface area contributed by atoms with E-state index < -0.39 is 0 Å². The molecule has 0 saturated heterocycles. The number of aryl methyl sites for hydroxylation is 1. The normalized spacial score (nSPS) is 12.2. The molecule has 0 aliphatic carbocycles. The number of hydrogen-bond donors (Lipinski definition) is 2. The Kier molecular flexibility index (Phi) is 5.05. The number of hydrogen-bond acceptors (Lipinski definition) is 2. The van der Waals surface area contributed by atoms with Crippen LogP contribution in [0.1, 0.15) is 24.6 Å². The van der Waals surface area contributed by atoms with Crippen LogP contribution < -0.4 is 10.5 Å². The highest BCUT2D eigenvalue weighted by Gasteiger charge is 2.10. The van der Waals surface area contributed by atoms with Gasteiger partial charge in [0, 0.05) is 29.1 Å². The molecule has 0 radical (unpaired) electrons. The predicted octanol–water partition coefficient (Wildman–Crippen LogP) is 3.19. The van der Waals surface area contributed by atoms with Gasteiger partial charge in [-0.3, -0.25) is 0 Å². The Morgan fingerprint density at radius 3 is 2.72 bits per heavy atom. The van der Waals surface area contributed by atoms with Gasteiger partial charge in [0.15, 0.2) is 0 Å². The summed E-state index contributed by atoms with van der Waals surface area (Å²) in [6.07, 6.45) is 1.90. The lowest BCUT2D eigenvalue weighted by atomic mass is 10.1. The first kappa shape index (κ1) is 14.9. The fourth-order valence-corrected chi connectivity index (χ4v) is 2.10. The van der Waals surface area contributed by atoms with Crippen molar-refractivity contribution >= 4 is 23.3 Å². The Morgan fingerprint density at radius 2 is 2.11 bits per heavy atom. The molecule has 3 N–H and O–H groups in total. The Hall–Kier alpha value is -1.19. The molecule has 100 valence electrons. The van der Waals surface area contributed by atoms with Gasteiger partial charge in [0.05, 0.1) is 7.11 Å². The number of ether oxygens (including phenoxy) is 1. The third kappa shape index (κ3) is 2.79. The van der Waals surface area contributed by atoms with E-state index >= 15 is 0 Å². The summed E-state index contributed by atoms with van der Waals surface area (Å²) in [6.45, 7) is 4.25. The van der Waals surface area contributed by atoms with E-state index in [2.05, 4.69) is 31.0 Å². The Morgan fingerprint density at radius 1 is 1.39 bits per heavy atom. The highest BCUT2D eigenvalue weighted by Crippen LogP contribution is 2.26. The van der Waals surface area contributed by atoms with Crippen molar-refractivity contribution in [3.8, 4) is 5.75 Å². The molecule has 0 saturated carbocycles. The minimum Gasteiger partial charge on any atom is -0.497 e. The van der Waals surface area contributed by atoms with Gasteiger partial charge >= 0.3 is 0 Å². The van der Waals surface area contributed by atoms with Crippen molar-refractivity contribution in [2.45, 2.75) is 32.7 Å². The topological polar surface area (TPSA) is 51.0 Å². The SMILES string of the molecule is CCC(N)Cc1[nH]c2ccc(OC)cc2c1C.Cl. The molecule has 1 aromatic heterocycles. The monoisotopic (exact) mass is 268 g/mol. The van der Waals surface area contributed by atoms with Gasteiger partial charge in [-0.1, -0.05) is 6.92 Å². The highest BCUT2D eigenvalue weighted by molar-refractivity contribution is 5.86. The summed E-state index contributed by atoms with van der Waals surface area (Å²) in [7, 11) is 1.69. The molecular weight excluding hydrogens is 248 g/mol. The Bertz CT molecular complexity index is 522. The molecule has 0 spiro atoms. The average molecular weight is 269 g/mol. The summed E-state index contributed by atoms with van der Waals surface area (Å²) in [6, 6.07) is 6.33. The largest absolute Gasteiger partial charge is 0.497 e. The molecule has 1 atom stereocenters. The smallest absolute Gasteiger partial charge is 0.119 e. The molecule has 3 nitrogen and oxygen atoms in total. The summed E-state index contributed by atoms with van der Waals surface area (Å²) < 4.78 is 5.25. The molecule has 2 aromatic rings. The summed E-state index contributed by atoms with van der Waals surface area (Å²) >= 11 is 0. The zero-order valence-corrected chi connectivity index (χ0v) is 11.9. The number of nitrogens with one attached hydrogen (secondary N) is 1. The van der Waals surface area contributed by atoms with Crippen LogP contribution in [0.25, 0.3) is 10.9 Å². The predicted molar refractivity (Wildman–Crippen MR) is 78.8 cm³/mol. The summed E-state index contributed by atoms with van der Waals surface area (Å²) in [5.41, 5.74) is 9.68. The van der Waals surface area contributed by atoms with Crippen molar-refractivity contribution in [3.05, 3.63) is 29.5 Å². The number of nitrogens with two attached hydrogens (primary N) is 1. The number of halogens is 1. The fourth-order valence-electron chi connectivity index (χ4n) is 2.10. The maximum atomic E-state index is 6.01.